The molecule has 152 valence electrons. The quantitative estimate of drug-likeness (QED) is 0.601. The molecule has 1 unspecified atom stereocenters. The van der Waals surface area contributed by atoms with Crippen LogP contribution in [-0.4, -0.2) is 43.0 Å². The number of sulfonamides is 1. The van der Waals surface area contributed by atoms with Gasteiger partial charge in [-0.05, 0) is 49.7 Å². The van der Waals surface area contributed by atoms with Gasteiger partial charge in [0.25, 0.3) is 0 Å². The zero-order valence-electron chi connectivity index (χ0n) is 16.7. The Kier molecular flexibility index (Phi) is 6.26. The number of benzene rings is 2. The SMILES string of the molecule is Cc1cc(SC(C)C(=O)Nc2cccc(S(=O)(=O)N(C)C)c2)nc2ccccc12. The summed E-state index contributed by atoms with van der Waals surface area (Å²) >= 11 is 1.36. The minimum atomic E-state index is -3.56. The van der Waals surface area contributed by atoms with Crippen molar-refractivity contribution in [2.24, 2.45) is 0 Å². The molecule has 0 spiro atoms. The van der Waals surface area contributed by atoms with Gasteiger partial charge in [-0.15, -0.1) is 0 Å². The van der Waals surface area contributed by atoms with Gasteiger partial charge in [0.2, 0.25) is 15.9 Å². The largest absolute Gasteiger partial charge is 0.325 e. The fraction of sp³-hybridized carbons (Fsp3) is 0.238. The monoisotopic (exact) mass is 429 g/mol. The standard InChI is InChI=1S/C21H23N3O3S2/c1-14-12-20(23-19-11-6-5-10-18(14)19)28-15(2)21(25)22-16-8-7-9-17(13-16)29(26,27)24(3)4/h5-13,15H,1-4H3,(H,22,25). The van der Waals surface area contributed by atoms with Crippen molar-refractivity contribution in [3.8, 4) is 0 Å². The highest BCUT2D eigenvalue weighted by Gasteiger charge is 2.19. The molecule has 3 aromatic rings. The van der Waals surface area contributed by atoms with Crippen LogP contribution in [0.4, 0.5) is 5.69 Å². The molecule has 3 rings (SSSR count). The van der Waals surface area contributed by atoms with E-state index in [9.17, 15) is 13.2 Å². The van der Waals surface area contributed by atoms with Gasteiger partial charge in [0.15, 0.2) is 0 Å². The Labute approximate surface area is 175 Å². The van der Waals surface area contributed by atoms with E-state index in [1.165, 1.54) is 38.0 Å². The number of carbonyl (C=O) groups is 1. The number of nitrogens with zero attached hydrogens (tertiary/aromatic N) is 2. The second-order valence-corrected chi connectivity index (χ2v) is 10.4. The van der Waals surface area contributed by atoms with Crippen LogP contribution in [0, 0.1) is 6.92 Å². The average molecular weight is 430 g/mol. The smallest absolute Gasteiger partial charge is 0.242 e. The van der Waals surface area contributed by atoms with E-state index in [0.29, 0.717) is 5.69 Å². The van der Waals surface area contributed by atoms with Gasteiger partial charge >= 0.3 is 0 Å². The molecular formula is C21H23N3O3S2. The molecule has 2 aromatic carbocycles. The Morgan fingerprint density at radius 2 is 1.83 bits per heavy atom. The van der Waals surface area contributed by atoms with Gasteiger partial charge in [0.1, 0.15) is 0 Å². The summed E-state index contributed by atoms with van der Waals surface area (Å²) in [6, 6.07) is 16.1. The molecule has 1 heterocycles. The second-order valence-electron chi connectivity index (χ2n) is 6.86. The van der Waals surface area contributed by atoms with E-state index in [2.05, 4.69) is 10.3 Å². The number of fused-ring (bicyclic) bond motifs is 1. The lowest BCUT2D eigenvalue weighted by Gasteiger charge is -2.15. The van der Waals surface area contributed by atoms with Crippen molar-refractivity contribution >= 4 is 44.3 Å². The van der Waals surface area contributed by atoms with Gasteiger partial charge in [0, 0.05) is 25.2 Å². The Bertz CT molecular complexity index is 1160. The highest BCUT2D eigenvalue weighted by Crippen LogP contribution is 2.27. The molecule has 0 aliphatic carbocycles. The highest BCUT2D eigenvalue weighted by molar-refractivity contribution is 8.00. The molecule has 1 atom stereocenters. The van der Waals surface area contributed by atoms with Crippen molar-refractivity contribution in [1.82, 2.24) is 9.29 Å². The van der Waals surface area contributed by atoms with Crippen LogP contribution in [0.2, 0.25) is 0 Å². The maximum absolute atomic E-state index is 12.6. The number of carbonyl (C=O) groups excluding carboxylic acids is 1. The van der Waals surface area contributed by atoms with Crippen molar-refractivity contribution in [2.45, 2.75) is 29.0 Å². The van der Waals surface area contributed by atoms with Crippen LogP contribution < -0.4 is 5.32 Å². The minimum Gasteiger partial charge on any atom is -0.325 e. The summed E-state index contributed by atoms with van der Waals surface area (Å²) in [6.07, 6.45) is 0. The van der Waals surface area contributed by atoms with Crippen LogP contribution in [0.25, 0.3) is 10.9 Å². The number of pyridine rings is 1. The van der Waals surface area contributed by atoms with Crippen molar-refractivity contribution < 1.29 is 13.2 Å². The van der Waals surface area contributed by atoms with Crippen molar-refractivity contribution in [2.75, 3.05) is 19.4 Å². The number of hydrogen-bond acceptors (Lipinski definition) is 5. The zero-order valence-corrected chi connectivity index (χ0v) is 18.3. The molecule has 1 N–H and O–H groups in total. The van der Waals surface area contributed by atoms with Gasteiger partial charge < -0.3 is 5.32 Å². The number of amides is 1. The summed E-state index contributed by atoms with van der Waals surface area (Å²) in [7, 11) is -0.623. The number of para-hydroxylation sites is 1. The predicted molar refractivity (Wildman–Crippen MR) is 118 cm³/mol. The summed E-state index contributed by atoms with van der Waals surface area (Å²) < 4.78 is 25.7. The lowest BCUT2D eigenvalue weighted by atomic mass is 10.1. The van der Waals surface area contributed by atoms with Crippen LogP contribution >= 0.6 is 11.8 Å². The number of rotatable bonds is 6. The second kappa shape index (κ2) is 8.52. The third kappa shape index (κ3) is 4.77. The molecule has 0 saturated heterocycles. The third-order valence-corrected chi connectivity index (χ3v) is 7.28. The normalized spacial score (nSPS) is 12.9. The number of hydrogen-bond donors (Lipinski definition) is 1. The Morgan fingerprint density at radius 1 is 1.10 bits per heavy atom. The van der Waals surface area contributed by atoms with Gasteiger partial charge in [-0.3, -0.25) is 4.79 Å². The molecular weight excluding hydrogens is 406 g/mol. The van der Waals surface area contributed by atoms with Gasteiger partial charge in [-0.2, -0.15) is 0 Å². The number of aromatic nitrogens is 1. The minimum absolute atomic E-state index is 0.132. The lowest BCUT2D eigenvalue weighted by Crippen LogP contribution is -2.24. The topological polar surface area (TPSA) is 79.4 Å². The molecule has 8 heteroatoms. The molecule has 1 aromatic heterocycles. The highest BCUT2D eigenvalue weighted by atomic mass is 32.2. The molecule has 0 saturated carbocycles. The zero-order chi connectivity index (χ0) is 21.2. The first kappa shape index (κ1) is 21.3. The van der Waals surface area contributed by atoms with Gasteiger partial charge in [0.05, 0.1) is 20.7 Å². The molecule has 1 amide bonds. The third-order valence-electron chi connectivity index (χ3n) is 4.45. The van der Waals surface area contributed by atoms with E-state index in [0.717, 1.165) is 25.8 Å². The maximum Gasteiger partial charge on any atom is 0.242 e. The van der Waals surface area contributed by atoms with Crippen molar-refractivity contribution in [3.05, 3.63) is 60.2 Å². The van der Waals surface area contributed by atoms with Gasteiger partial charge in [-0.25, -0.2) is 17.7 Å². The summed E-state index contributed by atoms with van der Waals surface area (Å²) in [5.74, 6) is -0.220. The number of aryl methyl sites for hydroxylation is 1. The summed E-state index contributed by atoms with van der Waals surface area (Å²) in [6.45, 7) is 3.82. The molecule has 0 radical (unpaired) electrons. The van der Waals surface area contributed by atoms with Crippen molar-refractivity contribution in [3.63, 3.8) is 0 Å². The van der Waals surface area contributed by atoms with Crippen LogP contribution in [0.1, 0.15) is 12.5 Å². The van der Waals surface area contributed by atoms with E-state index in [1.807, 2.05) is 37.3 Å². The van der Waals surface area contributed by atoms with E-state index in [1.54, 1.807) is 19.1 Å². The maximum atomic E-state index is 12.6. The number of anilines is 1. The van der Waals surface area contributed by atoms with Crippen LogP contribution in [0.5, 0.6) is 0 Å². The Hall–Kier alpha value is -2.42. The van der Waals surface area contributed by atoms with E-state index in [-0.39, 0.29) is 10.8 Å². The molecule has 0 bridgehead atoms. The van der Waals surface area contributed by atoms with Crippen LogP contribution in [-0.2, 0) is 14.8 Å². The summed E-state index contributed by atoms with van der Waals surface area (Å²) in [5.41, 5.74) is 2.43. The Morgan fingerprint density at radius 3 is 2.55 bits per heavy atom. The van der Waals surface area contributed by atoms with Crippen LogP contribution in [0.15, 0.2) is 64.5 Å². The van der Waals surface area contributed by atoms with E-state index in [4.69, 9.17) is 0 Å². The number of thioether (sulfide) groups is 1. The van der Waals surface area contributed by atoms with E-state index >= 15 is 0 Å². The Balaban J connectivity index is 1.75. The fourth-order valence-electron chi connectivity index (χ4n) is 2.80. The molecule has 0 aliphatic heterocycles. The first-order chi connectivity index (χ1) is 13.7. The van der Waals surface area contributed by atoms with Gasteiger partial charge in [-0.1, -0.05) is 36.0 Å². The summed E-state index contributed by atoms with van der Waals surface area (Å²) in [5, 5.41) is 4.25. The fourth-order valence-corrected chi connectivity index (χ4v) is 4.67. The molecule has 29 heavy (non-hydrogen) atoms. The molecule has 0 fully saturated rings. The van der Waals surface area contributed by atoms with Crippen molar-refractivity contribution in [1.29, 1.82) is 0 Å². The first-order valence-electron chi connectivity index (χ1n) is 9.05. The van der Waals surface area contributed by atoms with Crippen LogP contribution in [0.3, 0.4) is 0 Å². The molecule has 6 nitrogen and oxygen atoms in total. The molecule has 0 aliphatic rings. The number of nitrogens with one attached hydrogen (secondary N) is 1. The first-order valence-corrected chi connectivity index (χ1v) is 11.4. The summed E-state index contributed by atoms with van der Waals surface area (Å²) in [4.78, 5) is 17.4. The van der Waals surface area contributed by atoms with E-state index < -0.39 is 15.3 Å². The average Bonchev–Trinajstić information content (AvgIpc) is 2.68. The predicted octanol–water partition coefficient (Wildman–Crippen LogP) is 3.91. The lowest BCUT2D eigenvalue weighted by molar-refractivity contribution is -0.115.